The maximum Gasteiger partial charge on any atom is 0.573 e. The fraction of sp³-hybridized carbons (Fsp3) is 0.250. The molecule has 94 valence electrons. The standard InChI is InChI=1S/C8H5F3INO4/c1-16-3-2-13-6(12)4(7(14)15)5(3)17-8(9,10)11/h2H,1H3,(H,14,15). The predicted octanol–water partition coefficient (Wildman–Crippen LogP) is 2.29. The zero-order chi connectivity index (χ0) is 13.2. The Morgan fingerprint density at radius 1 is 1.53 bits per heavy atom. The van der Waals surface area contributed by atoms with E-state index < -0.39 is 29.4 Å². The third kappa shape index (κ3) is 3.35. The van der Waals surface area contributed by atoms with Crippen LogP contribution in [0.3, 0.4) is 0 Å². The number of hydrogen-bond acceptors (Lipinski definition) is 4. The van der Waals surface area contributed by atoms with Gasteiger partial charge in [-0.15, -0.1) is 13.2 Å². The van der Waals surface area contributed by atoms with E-state index in [1.807, 2.05) is 0 Å². The first-order valence-electron chi connectivity index (χ1n) is 3.97. The summed E-state index contributed by atoms with van der Waals surface area (Å²) in [7, 11) is 1.08. The highest BCUT2D eigenvalue weighted by atomic mass is 127. The van der Waals surface area contributed by atoms with Gasteiger partial charge in [-0.2, -0.15) is 0 Å². The van der Waals surface area contributed by atoms with E-state index in [0.717, 1.165) is 13.3 Å². The van der Waals surface area contributed by atoms with Crippen LogP contribution in [0, 0.1) is 3.70 Å². The van der Waals surface area contributed by atoms with E-state index in [4.69, 9.17) is 5.11 Å². The van der Waals surface area contributed by atoms with Crippen molar-refractivity contribution in [3.8, 4) is 11.5 Å². The smallest absolute Gasteiger partial charge is 0.491 e. The average molecular weight is 363 g/mol. The van der Waals surface area contributed by atoms with Crippen LogP contribution in [-0.2, 0) is 0 Å². The highest BCUT2D eigenvalue weighted by molar-refractivity contribution is 14.1. The van der Waals surface area contributed by atoms with E-state index >= 15 is 0 Å². The second-order valence-electron chi connectivity index (χ2n) is 2.67. The molecule has 1 aromatic heterocycles. The van der Waals surface area contributed by atoms with Gasteiger partial charge in [-0.1, -0.05) is 0 Å². The summed E-state index contributed by atoms with van der Waals surface area (Å²) in [6.45, 7) is 0. The van der Waals surface area contributed by atoms with Crippen LogP contribution in [-0.4, -0.2) is 29.5 Å². The molecule has 17 heavy (non-hydrogen) atoms. The van der Waals surface area contributed by atoms with Crippen molar-refractivity contribution in [3.05, 3.63) is 15.5 Å². The number of methoxy groups -OCH3 is 1. The number of carboxylic acids is 1. The van der Waals surface area contributed by atoms with Gasteiger partial charge in [0, 0.05) is 0 Å². The molecular formula is C8H5F3INO4. The van der Waals surface area contributed by atoms with E-state index in [1.54, 1.807) is 0 Å². The molecule has 1 rings (SSSR count). The molecule has 0 aliphatic heterocycles. The van der Waals surface area contributed by atoms with Crippen molar-refractivity contribution in [3.63, 3.8) is 0 Å². The van der Waals surface area contributed by atoms with E-state index in [1.165, 1.54) is 22.6 Å². The number of nitrogens with zero attached hydrogens (tertiary/aromatic N) is 1. The molecule has 0 aliphatic rings. The summed E-state index contributed by atoms with van der Waals surface area (Å²) in [5, 5.41) is 8.82. The molecule has 0 bridgehead atoms. The third-order valence-corrected chi connectivity index (χ3v) is 2.42. The number of aromatic carboxylic acids is 1. The number of hydrogen-bond donors (Lipinski definition) is 1. The number of carbonyl (C=O) groups is 1. The lowest BCUT2D eigenvalue weighted by Gasteiger charge is -2.14. The summed E-state index contributed by atoms with van der Waals surface area (Å²) in [5.41, 5.74) is -0.692. The summed E-state index contributed by atoms with van der Waals surface area (Å²) in [6.07, 6.45) is -4.06. The van der Waals surface area contributed by atoms with Crippen LogP contribution < -0.4 is 9.47 Å². The number of halogens is 4. The van der Waals surface area contributed by atoms with Crippen molar-refractivity contribution in [2.24, 2.45) is 0 Å². The Kier molecular flexibility index (Phi) is 4.01. The summed E-state index contributed by atoms with van der Waals surface area (Å²) < 4.78 is 44.5. The van der Waals surface area contributed by atoms with Gasteiger partial charge in [0.25, 0.3) is 0 Å². The van der Waals surface area contributed by atoms with Gasteiger partial charge in [-0.3, -0.25) is 0 Å². The Morgan fingerprint density at radius 3 is 2.53 bits per heavy atom. The molecule has 0 amide bonds. The van der Waals surface area contributed by atoms with Crippen LogP contribution in [0.4, 0.5) is 13.2 Å². The summed E-state index contributed by atoms with van der Waals surface area (Å²) >= 11 is 1.49. The molecule has 0 spiro atoms. The number of ether oxygens (including phenoxy) is 2. The molecule has 0 atom stereocenters. The van der Waals surface area contributed by atoms with Gasteiger partial charge in [-0.05, 0) is 22.6 Å². The number of aromatic nitrogens is 1. The molecule has 5 nitrogen and oxygen atoms in total. The Bertz CT molecular complexity index is 449. The summed E-state index contributed by atoms with van der Waals surface area (Å²) in [6, 6.07) is 0. The van der Waals surface area contributed by atoms with Gasteiger partial charge >= 0.3 is 12.3 Å². The molecule has 1 N–H and O–H groups in total. The van der Waals surface area contributed by atoms with Crippen molar-refractivity contribution in [2.75, 3.05) is 7.11 Å². The minimum absolute atomic E-state index is 0.129. The van der Waals surface area contributed by atoms with Crippen LogP contribution in [0.5, 0.6) is 11.5 Å². The normalized spacial score (nSPS) is 11.1. The molecule has 1 aromatic rings. The molecule has 0 saturated heterocycles. The zero-order valence-corrected chi connectivity index (χ0v) is 10.4. The predicted molar refractivity (Wildman–Crippen MR) is 57.1 cm³/mol. The maximum absolute atomic E-state index is 12.1. The van der Waals surface area contributed by atoms with E-state index in [-0.39, 0.29) is 3.70 Å². The van der Waals surface area contributed by atoms with Crippen molar-refractivity contribution in [1.82, 2.24) is 4.98 Å². The molecule has 0 unspecified atom stereocenters. The van der Waals surface area contributed by atoms with Gasteiger partial charge in [0.2, 0.25) is 0 Å². The van der Waals surface area contributed by atoms with E-state index in [9.17, 15) is 18.0 Å². The Hall–Kier alpha value is -1.26. The quantitative estimate of drug-likeness (QED) is 0.660. The molecule has 0 aromatic carbocycles. The van der Waals surface area contributed by atoms with Gasteiger partial charge in [0.05, 0.1) is 13.3 Å². The second-order valence-corrected chi connectivity index (χ2v) is 3.70. The fourth-order valence-corrected chi connectivity index (χ4v) is 1.62. The van der Waals surface area contributed by atoms with Crippen molar-refractivity contribution < 1.29 is 32.5 Å². The highest BCUT2D eigenvalue weighted by Gasteiger charge is 2.36. The lowest BCUT2D eigenvalue weighted by molar-refractivity contribution is -0.275. The van der Waals surface area contributed by atoms with Crippen molar-refractivity contribution in [1.29, 1.82) is 0 Å². The Labute approximate surface area is 107 Å². The number of rotatable bonds is 3. The molecule has 0 aliphatic carbocycles. The molecule has 0 fully saturated rings. The SMILES string of the molecule is COc1cnc(I)c(C(=O)O)c1OC(F)(F)F. The number of carboxylic acid groups (broad SMARTS) is 1. The Balaban J connectivity index is 3.40. The zero-order valence-electron chi connectivity index (χ0n) is 8.21. The van der Waals surface area contributed by atoms with Crippen LogP contribution >= 0.6 is 22.6 Å². The first-order chi connectivity index (χ1) is 7.76. The molecule has 0 radical (unpaired) electrons. The van der Waals surface area contributed by atoms with Crippen LogP contribution in [0.2, 0.25) is 0 Å². The second kappa shape index (κ2) is 4.94. The average Bonchev–Trinajstić information content (AvgIpc) is 2.15. The van der Waals surface area contributed by atoms with E-state index in [0.29, 0.717) is 0 Å². The Morgan fingerprint density at radius 2 is 2.12 bits per heavy atom. The highest BCUT2D eigenvalue weighted by Crippen LogP contribution is 2.36. The molecule has 0 saturated carbocycles. The molecule has 1 heterocycles. The maximum atomic E-state index is 12.1. The summed E-state index contributed by atoms with van der Waals surface area (Å²) in [5.74, 6) is -2.90. The van der Waals surface area contributed by atoms with Gasteiger partial charge in [0.1, 0.15) is 9.26 Å². The van der Waals surface area contributed by atoms with Crippen molar-refractivity contribution >= 4 is 28.6 Å². The first-order valence-corrected chi connectivity index (χ1v) is 5.05. The van der Waals surface area contributed by atoms with Crippen LogP contribution in [0.15, 0.2) is 6.20 Å². The minimum Gasteiger partial charge on any atom is -0.491 e. The lowest BCUT2D eigenvalue weighted by Crippen LogP contribution is -2.20. The molecule has 9 heteroatoms. The minimum atomic E-state index is -5.01. The number of alkyl halides is 3. The van der Waals surface area contributed by atoms with Crippen molar-refractivity contribution in [2.45, 2.75) is 6.36 Å². The third-order valence-electron chi connectivity index (χ3n) is 1.60. The topological polar surface area (TPSA) is 68.7 Å². The number of pyridine rings is 1. The molecular weight excluding hydrogens is 358 g/mol. The van der Waals surface area contributed by atoms with Gasteiger partial charge in [-0.25, -0.2) is 9.78 Å². The summed E-state index contributed by atoms with van der Waals surface area (Å²) in [4.78, 5) is 14.4. The van der Waals surface area contributed by atoms with Crippen LogP contribution in [0.25, 0.3) is 0 Å². The van der Waals surface area contributed by atoms with Gasteiger partial charge in [0.15, 0.2) is 11.5 Å². The van der Waals surface area contributed by atoms with Gasteiger partial charge < -0.3 is 14.6 Å². The first kappa shape index (κ1) is 13.8. The lowest BCUT2D eigenvalue weighted by atomic mass is 10.2. The monoisotopic (exact) mass is 363 g/mol. The largest absolute Gasteiger partial charge is 0.573 e. The van der Waals surface area contributed by atoms with E-state index in [2.05, 4.69) is 14.5 Å². The van der Waals surface area contributed by atoms with Crippen LogP contribution in [0.1, 0.15) is 10.4 Å². The fourth-order valence-electron chi connectivity index (χ4n) is 1.00.